The number of ether oxygens (including phenoxy) is 2. The second-order valence-electron chi connectivity index (χ2n) is 4.53. The maximum atomic E-state index is 12.0. The first-order valence-corrected chi connectivity index (χ1v) is 7.61. The van der Waals surface area contributed by atoms with E-state index < -0.39 is 0 Å². The molecule has 0 aliphatic heterocycles. The highest BCUT2D eigenvalue weighted by molar-refractivity contribution is 7.09. The molecule has 0 aliphatic rings. The minimum absolute atomic E-state index is 0.00461. The number of hydrogen-bond donors (Lipinski definition) is 1. The molecule has 0 spiro atoms. The van der Waals surface area contributed by atoms with Crippen molar-refractivity contribution in [2.24, 2.45) is 0 Å². The molecule has 112 valence electrons. The van der Waals surface area contributed by atoms with Crippen LogP contribution in [0, 0.1) is 0 Å². The van der Waals surface area contributed by atoms with E-state index in [1.807, 2.05) is 23.6 Å². The van der Waals surface area contributed by atoms with Gasteiger partial charge in [-0.15, -0.1) is 11.3 Å². The Hall–Kier alpha value is -2.01. The lowest BCUT2D eigenvalue weighted by Crippen LogP contribution is -2.27. The van der Waals surface area contributed by atoms with E-state index in [2.05, 4.69) is 11.4 Å². The Morgan fingerprint density at radius 2 is 2.10 bits per heavy atom. The van der Waals surface area contributed by atoms with Gasteiger partial charge in [0, 0.05) is 23.1 Å². The average Bonchev–Trinajstić information content (AvgIpc) is 3.01. The third-order valence-electron chi connectivity index (χ3n) is 3.12. The second-order valence-corrected chi connectivity index (χ2v) is 5.57. The molecule has 1 N–H and O–H groups in total. The Labute approximate surface area is 128 Å². The lowest BCUT2D eigenvalue weighted by molar-refractivity contribution is -0.120. The summed E-state index contributed by atoms with van der Waals surface area (Å²) in [6.07, 6.45) is 1.17. The number of amides is 1. The van der Waals surface area contributed by atoms with Gasteiger partial charge in [-0.2, -0.15) is 0 Å². The van der Waals surface area contributed by atoms with Crippen LogP contribution in [-0.2, 0) is 17.6 Å². The van der Waals surface area contributed by atoms with Crippen LogP contribution in [0.4, 0.5) is 0 Å². The first kappa shape index (κ1) is 15.4. The minimum Gasteiger partial charge on any atom is -0.497 e. The van der Waals surface area contributed by atoms with E-state index >= 15 is 0 Å². The maximum Gasteiger partial charge on any atom is 0.224 e. The Morgan fingerprint density at radius 3 is 2.76 bits per heavy atom. The van der Waals surface area contributed by atoms with Gasteiger partial charge in [0.05, 0.1) is 20.6 Å². The summed E-state index contributed by atoms with van der Waals surface area (Å²) < 4.78 is 10.4. The van der Waals surface area contributed by atoms with E-state index in [9.17, 15) is 4.79 Å². The predicted octanol–water partition coefficient (Wildman–Crippen LogP) is 2.67. The molecule has 1 aromatic heterocycles. The van der Waals surface area contributed by atoms with Crippen LogP contribution in [-0.4, -0.2) is 26.7 Å². The lowest BCUT2D eigenvalue weighted by Gasteiger charge is -2.10. The van der Waals surface area contributed by atoms with Gasteiger partial charge < -0.3 is 14.8 Å². The van der Waals surface area contributed by atoms with Gasteiger partial charge in [0.25, 0.3) is 0 Å². The zero-order chi connectivity index (χ0) is 15.1. The molecule has 1 aromatic carbocycles. The predicted molar refractivity (Wildman–Crippen MR) is 84.3 cm³/mol. The van der Waals surface area contributed by atoms with Gasteiger partial charge in [-0.25, -0.2) is 0 Å². The first-order valence-electron chi connectivity index (χ1n) is 6.73. The number of benzene rings is 1. The molecule has 0 saturated carbocycles. The zero-order valence-corrected chi connectivity index (χ0v) is 13.0. The lowest BCUT2D eigenvalue weighted by atomic mass is 10.1. The SMILES string of the molecule is COc1ccc(CC(=O)NCCc2cccs2)c(OC)c1. The van der Waals surface area contributed by atoms with Crippen molar-refractivity contribution in [1.82, 2.24) is 5.32 Å². The Morgan fingerprint density at radius 1 is 1.24 bits per heavy atom. The van der Waals surface area contributed by atoms with Gasteiger partial charge in [-0.3, -0.25) is 4.79 Å². The summed E-state index contributed by atoms with van der Waals surface area (Å²) in [4.78, 5) is 13.2. The summed E-state index contributed by atoms with van der Waals surface area (Å²) in [6, 6.07) is 9.56. The third kappa shape index (κ3) is 4.49. The van der Waals surface area contributed by atoms with Crippen molar-refractivity contribution >= 4 is 17.2 Å². The molecule has 5 heteroatoms. The van der Waals surface area contributed by atoms with Crippen LogP contribution in [0.5, 0.6) is 11.5 Å². The van der Waals surface area contributed by atoms with Gasteiger partial charge >= 0.3 is 0 Å². The fourth-order valence-electron chi connectivity index (χ4n) is 2.01. The van der Waals surface area contributed by atoms with Crippen molar-refractivity contribution in [2.75, 3.05) is 20.8 Å². The summed E-state index contributed by atoms with van der Waals surface area (Å²) in [7, 11) is 3.19. The van der Waals surface area contributed by atoms with Crippen molar-refractivity contribution in [2.45, 2.75) is 12.8 Å². The van der Waals surface area contributed by atoms with Crippen LogP contribution >= 0.6 is 11.3 Å². The molecule has 0 radical (unpaired) electrons. The molecule has 0 unspecified atom stereocenters. The number of methoxy groups -OCH3 is 2. The van der Waals surface area contributed by atoms with Crippen LogP contribution in [0.2, 0.25) is 0 Å². The average molecular weight is 305 g/mol. The summed E-state index contributed by atoms with van der Waals surface area (Å²) in [5, 5.41) is 4.97. The summed E-state index contributed by atoms with van der Waals surface area (Å²) in [5.41, 5.74) is 0.854. The first-order chi connectivity index (χ1) is 10.2. The van der Waals surface area contributed by atoms with Crippen molar-refractivity contribution in [3.05, 3.63) is 46.2 Å². The molecule has 4 nitrogen and oxygen atoms in total. The molecular weight excluding hydrogens is 286 g/mol. The molecule has 0 atom stereocenters. The molecule has 0 bridgehead atoms. The maximum absolute atomic E-state index is 12.0. The number of thiophene rings is 1. The van der Waals surface area contributed by atoms with Crippen LogP contribution in [0.25, 0.3) is 0 Å². The molecule has 0 aliphatic carbocycles. The fourth-order valence-corrected chi connectivity index (χ4v) is 2.72. The van der Waals surface area contributed by atoms with Crippen LogP contribution < -0.4 is 14.8 Å². The number of carbonyl (C=O) groups excluding carboxylic acids is 1. The van der Waals surface area contributed by atoms with Crippen LogP contribution in [0.15, 0.2) is 35.7 Å². The molecule has 2 rings (SSSR count). The van der Waals surface area contributed by atoms with E-state index in [-0.39, 0.29) is 5.91 Å². The second kappa shape index (κ2) is 7.69. The summed E-state index contributed by atoms with van der Waals surface area (Å²) in [6.45, 7) is 0.651. The summed E-state index contributed by atoms with van der Waals surface area (Å²) in [5.74, 6) is 1.38. The smallest absolute Gasteiger partial charge is 0.224 e. The highest BCUT2D eigenvalue weighted by atomic mass is 32.1. The number of rotatable bonds is 7. The van der Waals surface area contributed by atoms with E-state index in [0.717, 1.165) is 12.0 Å². The van der Waals surface area contributed by atoms with Gasteiger partial charge in [0.2, 0.25) is 5.91 Å². The third-order valence-corrected chi connectivity index (χ3v) is 4.06. The normalized spacial score (nSPS) is 10.2. The molecule has 2 aromatic rings. The van der Waals surface area contributed by atoms with E-state index in [1.165, 1.54) is 4.88 Å². The minimum atomic E-state index is -0.00461. The standard InChI is InChI=1S/C16H19NO3S/c1-19-13-6-5-12(15(11-13)20-2)10-16(18)17-8-7-14-4-3-9-21-14/h3-6,9,11H,7-8,10H2,1-2H3,(H,17,18). The quantitative estimate of drug-likeness (QED) is 0.855. The largest absolute Gasteiger partial charge is 0.497 e. The van der Waals surface area contributed by atoms with Crippen LogP contribution in [0.3, 0.4) is 0 Å². The Bertz CT molecular complexity index is 581. The molecular formula is C16H19NO3S. The number of hydrogen-bond acceptors (Lipinski definition) is 4. The molecule has 0 saturated heterocycles. The molecule has 0 fully saturated rings. The monoisotopic (exact) mass is 305 g/mol. The highest BCUT2D eigenvalue weighted by Crippen LogP contribution is 2.24. The van der Waals surface area contributed by atoms with Crippen molar-refractivity contribution in [1.29, 1.82) is 0 Å². The van der Waals surface area contributed by atoms with Gasteiger partial charge in [-0.05, 0) is 23.9 Å². The van der Waals surface area contributed by atoms with Gasteiger partial charge in [0.15, 0.2) is 0 Å². The number of nitrogens with one attached hydrogen (secondary N) is 1. The Kier molecular flexibility index (Phi) is 5.63. The molecule has 1 heterocycles. The molecule has 1 amide bonds. The topological polar surface area (TPSA) is 47.6 Å². The summed E-state index contributed by atoms with van der Waals surface area (Å²) >= 11 is 1.70. The van der Waals surface area contributed by atoms with Gasteiger partial charge in [-0.1, -0.05) is 12.1 Å². The number of carbonyl (C=O) groups is 1. The van der Waals surface area contributed by atoms with Crippen molar-refractivity contribution in [3.63, 3.8) is 0 Å². The van der Waals surface area contributed by atoms with E-state index in [0.29, 0.717) is 24.5 Å². The van der Waals surface area contributed by atoms with Gasteiger partial charge in [0.1, 0.15) is 11.5 Å². The van der Waals surface area contributed by atoms with Crippen molar-refractivity contribution in [3.8, 4) is 11.5 Å². The zero-order valence-electron chi connectivity index (χ0n) is 12.2. The van der Waals surface area contributed by atoms with Crippen LogP contribution in [0.1, 0.15) is 10.4 Å². The highest BCUT2D eigenvalue weighted by Gasteiger charge is 2.09. The Balaban J connectivity index is 1.87. The van der Waals surface area contributed by atoms with E-state index in [1.54, 1.807) is 31.6 Å². The molecule has 21 heavy (non-hydrogen) atoms. The van der Waals surface area contributed by atoms with E-state index in [4.69, 9.17) is 9.47 Å². The fraction of sp³-hybridized carbons (Fsp3) is 0.312. The van der Waals surface area contributed by atoms with Crippen molar-refractivity contribution < 1.29 is 14.3 Å².